The van der Waals surface area contributed by atoms with Crippen molar-refractivity contribution in [1.29, 1.82) is 0 Å². The lowest BCUT2D eigenvalue weighted by atomic mass is 10.0. The zero-order valence-electron chi connectivity index (χ0n) is 10.9. The maximum Gasteiger partial charge on any atom is 0.0856 e. The fraction of sp³-hybridized carbons (Fsp3) is 0.357. The smallest absolute Gasteiger partial charge is 0.0856 e. The Labute approximate surface area is 126 Å². The third-order valence-corrected chi connectivity index (χ3v) is 4.32. The number of aliphatic hydroxyl groups excluding tert-OH is 1. The van der Waals surface area contributed by atoms with Crippen LogP contribution in [-0.4, -0.2) is 14.9 Å². The molecule has 1 heterocycles. The SMILES string of the molecule is CCn1nc(C)c(Cl)c1CC(O)c1ccccc1Br. The molecule has 0 fully saturated rings. The Morgan fingerprint density at radius 1 is 1.42 bits per heavy atom. The molecule has 1 N–H and O–H groups in total. The summed E-state index contributed by atoms with van der Waals surface area (Å²) in [5.74, 6) is 0. The van der Waals surface area contributed by atoms with E-state index in [1.165, 1.54) is 0 Å². The van der Waals surface area contributed by atoms with Gasteiger partial charge in [-0.25, -0.2) is 0 Å². The maximum atomic E-state index is 10.4. The van der Waals surface area contributed by atoms with E-state index < -0.39 is 6.10 Å². The molecule has 1 aromatic carbocycles. The molecule has 0 bridgehead atoms. The average molecular weight is 344 g/mol. The Morgan fingerprint density at radius 2 is 2.11 bits per heavy atom. The highest BCUT2D eigenvalue weighted by atomic mass is 79.9. The molecular weight excluding hydrogens is 328 g/mol. The molecule has 0 aliphatic carbocycles. The van der Waals surface area contributed by atoms with Crippen LogP contribution in [0.25, 0.3) is 0 Å². The molecule has 1 aromatic heterocycles. The summed E-state index contributed by atoms with van der Waals surface area (Å²) in [4.78, 5) is 0. The van der Waals surface area contributed by atoms with Crippen molar-refractivity contribution >= 4 is 27.5 Å². The van der Waals surface area contributed by atoms with Gasteiger partial charge in [0, 0.05) is 17.4 Å². The fourth-order valence-electron chi connectivity index (χ4n) is 2.10. The number of halogens is 2. The first kappa shape index (κ1) is 14.6. The highest BCUT2D eigenvalue weighted by molar-refractivity contribution is 9.10. The topological polar surface area (TPSA) is 38.0 Å². The Morgan fingerprint density at radius 3 is 2.74 bits per heavy atom. The van der Waals surface area contributed by atoms with E-state index in [9.17, 15) is 5.11 Å². The van der Waals surface area contributed by atoms with Gasteiger partial charge in [-0.05, 0) is 25.5 Å². The summed E-state index contributed by atoms with van der Waals surface area (Å²) in [7, 11) is 0. The molecule has 1 unspecified atom stereocenters. The zero-order valence-corrected chi connectivity index (χ0v) is 13.2. The van der Waals surface area contributed by atoms with Gasteiger partial charge in [-0.2, -0.15) is 5.10 Å². The summed E-state index contributed by atoms with van der Waals surface area (Å²) in [6.45, 7) is 4.63. The molecule has 19 heavy (non-hydrogen) atoms. The van der Waals surface area contributed by atoms with Gasteiger partial charge in [0.05, 0.1) is 22.5 Å². The summed E-state index contributed by atoms with van der Waals surface area (Å²) in [5, 5.41) is 15.4. The third kappa shape index (κ3) is 3.02. The highest BCUT2D eigenvalue weighted by Gasteiger charge is 2.18. The monoisotopic (exact) mass is 342 g/mol. The largest absolute Gasteiger partial charge is 0.388 e. The molecule has 102 valence electrons. The van der Waals surface area contributed by atoms with Crippen LogP contribution in [0.4, 0.5) is 0 Å². The molecule has 3 nitrogen and oxygen atoms in total. The van der Waals surface area contributed by atoms with E-state index in [-0.39, 0.29) is 0 Å². The Kier molecular flexibility index (Phi) is 4.66. The van der Waals surface area contributed by atoms with Gasteiger partial charge < -0.3 is 5.11 Å². The minimum absolute atomic E-state index is 0.454. The van der Waals surface area contributed by atoms with Crippen LogP contribution in [0.2, 0.25) is 5.02 Å². The van der Waals surface area contributed by atoms with Gasteiger partial charge in [0.2, 0.25) is 0 Å². The lowest BCUT2D eigenvalue weighted by Gasteiger charge is -2.14. The Bertz CT molecular complexity index is 583. The zero-order chi connectivity index (χ0) is 14.0. The molecule has 1 atom stereocenters. The number of benzene rings is 1. The summed E-state index contributed by atoms with van der Waals surface area (Å²) in [6, 6.07) is 7.66. The normalized spacial score (nSPS) is 12.7. The number of aryl methyl sites for hydroxylation is 2. The molecule has 2 rings (SSSR count). The van der Waals surface area contributed by atoms with Crippen LogP contribution in [0, 0.1) is 6.92 Å². The van der Waals surface area contributed by atoms with Crippen LogP contribution in [0.5, 0.6) is 0 Å². The molecule has 5 heteroatoms. The highest BCUT2D eigenvalue weighted by Crippen LogP contribution is 2.29. The number of aliphatic hydroxyl groups is 1. The van der Waals surface area contributed by atoms with Crippen LogP contribution in [0.15, 0.2) is 28.7 Å². The summed E-state index contributed by atoms with van der Waals surface area (Å²) >= 11 is 9.71. The van der Waals surface area contributed by atoms with E-state index in [1.54, 1.807) is 0 Å². The quantitative estimate of drug-likeness (QED) is 0.914. The minimum Gasteiger partial charge on any atom is -0.388 e. The second kappa shape index (κ2) is 6.07. The Hall–Kier alpha value is -0.840. The molecule has 0 saturated heterocycles. The molecule has 0 radical (unpaired) electrons. The van der Waals surface area contributed by atoms with Crippen LogP contribution in [0.3, 0.4) is 0 Å². The Balaban J connectivity index is 2.29. The van der Waals surface area contributed by atoms with Gasteiger partial charge in [-0.3, -0.25) is 4.68 Å². The van der Waals surface area contributed by atoms with Gasteiger partial charge in [-0.1, -0.05) is 45.7 Å². The molecule has 0 amide bonds. The molecule has 0 aliphatic rings. The van der Waals surface area contributed by atoms with Crippen molar-refractivity contribution in [1.82, 2.24) is 9.78 Å². The number of rotatable bonds is 4. The van der Waals surface area contributed by atoms with E-state index >= 15 is 0 Å². The van der Waals surface area contributed by atoms with Gasteiger partial charge in [-0.15, -0.1) is 0 Å². The van der Waals surface area contributed by atoms with E-state index in [0.29, 0.717) is 11.4 Å². The predicted molar refractivity (Wildman–Crippen MR) is 80.5 cm³/mol. The number of aromatic nitrogens is 2. The second-order valence-electron chi connectivity index (χ2n) is 4.40. The van der Waals surface area contributed by atoms with Crippen LogP contribution >= 0.6 is 27.5 Å². The maximum absolute atomic E-state index is 10.4. The van der Waals surface area contributed by atoms with E-state index in [0.717, 1.165) is 28.0 Å². The van der Waals surface area contributed by atoms with Crippen molar-refractivity contribution in [3.63, 3.8) is 0 Å². The average Bonchev–Trinajstić information content (AvgIpc) is 2.67. The van der Waals surface area contributed by atoms with Crippen molar-refractivity contribution < 1.29 is 5.11 Å². The molecular formula is C14H16BrClN2O. The molecule has 2 aromatic rings. The van der Waals surface area contributed by atoms with Crippen molar-refractivity contribution in [3.8, 4) is 0 Å². The van der Waals surface area contributed by atoms with Gasteiger partial charge in [0.15, 0.2) is 0 Å². The lowest BCUT2D eigenvalue weighted by Crippen LogP contribution is -2.09. The number of hydrogen-bond donors (Lipinski definition) is 1. The molecule has 0 spiro atoms. The van der Waals surface area contributed by atoms with Crippen LogP contribution in [-0.2, 0) is 13.0 Å². The number of nitrogens with zero attached hydrogens (tertiary/aromatic N) is 2. The number of hydrogen-bond acceptors (Lipinski definition) is 2. The fourth-order valence-corrected chi connectivity index (χ4v) is 2.86. The first-order valence-corrected chi connectivity index (χ1v) is 7.36. The van der Waals surface area contributed by atoms with E-state index in [1.807, 2.05) is 42.8 Å². The van der Waals surface area contributed by atoms with Gasteiger partial charge in [0.1, 0.15) is 0 Å². The van der Waals surface area contributed by atoms with Gasteiger partial charge >= 0.3 is 0 Å². The van der Waals surface area contributed by atoms with Crippen molar-refractivity contribution in [2.45, 2.75) is 32.9 Å². The predicted octanol–water partition coefficient (Wildman–Crippen LogP) is 3.90. The van der Waals surface area contributed by atoms with Crippen LogP contribution < -0.4 is 0 Å². The second-order valence-corrected chi connectivity index (χ2v) is 5.64. The van der Waals surface area contributed by atoms with E-state index in [2.05, 4.69) is 21.0 Å². The molecule has 0 saturated carbocycles. The first-order valence-electron chi connectivity index (χ1n) is 6.18. The van der Waals surface area contributed by atoms with Crippen LogP contribution in [0.1, 0.15) is 30.0 Å². The standard InChI is InChI=1S/C14H16BrClN2O/c1-3-18-12(14(16)9(2)17-18)8-13(19)10-6-4-5-7-11(10)15/h4-7,13,19H,3,8H2,1-2H3. The minimum atomic E-state index is -0.602. The summed E-state index contributed by atoms with van der Waals surface area (Å²) < 4.78 is 2.75. The van der Waals surface area contributed by atoms with Crippen molar-refractivity contribution in [3.05, 3.63) is 50.7 Å². The first-order chi connectivity index (χ1) is 9.04. The molecule has 0 aliphatic heterocycles. The van der Waals surface area contributed by atoms with Crippen molar-refractivity contribution in [2.24, 2.45) is 0 Å². The van der Waals surface area contributed by atoms with Gasteiger partial charge in [0.25, 0.3) is 0 Å². The van der Waals surface area contributed by atoms with E-state index in [4.69, 9.17) is 11.6 Å². The summed E-state index contributed by atoms with van der Waals surface area (Å²) in [5.41, 5.74) is 2.54. The lowest BCUT2D eigenvalue weighted by molar-refractivity contribution is 0.174. The summed E-state index contributed by atoms with van der Waals surface area (Å²) in [6.07, 6.45) is -0.148. The van der Waals surface area contributed by atoms with Crippen molar-refractivity contribution in [2.75, 3.05) is 0 Å². The third-order valence-electron chi connectivity index (χ3n) is 3.10.